The summed E-state index contributed by atoms with van der Waals surface area (Å²) in [7, 11) is 4.88. The summed E-state index contributed by atoms with van der Waals surface area (Å²) >= 11 is 0. The summed E-state index contributed by atoms with van der Waals surface area (Å²) in [5.74, 6) is 1.92. The van der Waals surface area contributed by atoms with Gasteiger partial charge in [0.05, 0.1) is 20.1 Å². The molecule has 0 spiro atoms. The third kappa shape index (κ3) is 4.10. The maximum atomic E-state index is 13.1. The fraction of sp³-hybridized carbons (Fsp3) is 0.391. The van der Waals surface area contributed by atoms with E-state index in [1.165, 1.54) is 0 Å². The largest absolute Gasteiger partial charge is 0.493 e. The number of anilines is 1. The Bertz CT molecular complexity index is 992. The molecule has 0 N–H and O–H groups in total. The van der Waals surface area contributed by atoms with Crippen LogP contribution in [-0.4, -0.2) is 57.7 Å². The zero-order chi connectivity index (χ0) is 22.0. The van der Waals surface area contributed by atoms with E-state index in [1.54, 1.807) is 43.2 Å². The van der Waals surface area contributed by atoms with Crippen molar-refractivity contribution in [2.24, 2.45) is 5.92 Å². The quantitative estimate of drug-likeness (QED) is 0.706. The first-order chi connectivity index (χ1) is 15.0. The Kier molecular flexibility index (Phi) is 5.88. The summed E-state index contributed by atoms with van der Waals surface area (Å²) in [6, 6.07) is 11.0. The number of amides is 2. The number of methoxy groups -OCH3 is 2. The molecule has 0 aliphatic carbocycles. The van der Waals surface area contributed by atoms with Gasteiger partial charge in [-0.15, -0.1) is 0 Å². The van der Waals surface area contributed by atoms with Crippen molar-refractivity contribution in [3.8, 4) is 23.0 Å². The zero-order valence-electron chi connectivity index (χ0n) is 17.9. The first kappa shape index (κ1) is 20.8. The highest BCUT2D eigenvalue weighted by atomic mass is 16.6. The highest BCUT2D eigenvalue weighted by Gasteiger charge is 2.37. The van der Waals surface area contributed by atoms with E-state index < -0.39 is 5.92 Å². The molecule has 1 atom stereocenters. The van der Waals surface area contributed by atoms with Gasteiger partial charge in [0, 0.05) is 43.9 Å². The molecule has 2 heterocycles. The maximum Gasteiger partial charge on any atom is 0.228 e. The van der Waals surface area contributed by atoms with Gasteiger partial charge in [0.25, 0.3) is 0 Å². The first-order valence-electron chi connectivity index (χ1n) is 10.2. The number of nitrogens with zero attached hydrogens (tertiary/aromatic N) is 2. The monoisotopic (exact) mass is 426 g/mol. The van der Waals surface area contributed by atoms with Crippen molar-refractivity contribution >= 4 is 17.5 Å². The van der Waals surface area contributed by atoms with Crippen molar-refractivity contribution in [3.63, 3.8) is 0 Å². The second-order valence-electron chi connectivity index (χ2n) is 7.58. The minimum atomic E-state index is -0.415. The molecular weight excluding hydrogens is 400 g/mol. The van der Waals surface area contributed by atoms with E-state index in [1.807, 2.05) is 24.3 Å². The molecule has 8 heteroatoms. The smallest absolute Gasteiger partial charge is 0.228 e. The summed E-state index contributed by atoms with van der Waals surface area (Å²) in [5, 5.41) is 0. The number of hydrogen-bond acceptors (Lipinski definition) is 6. The van der Waals surface area contributed by atoms with Crippen LogP contribution >= 0.6 is 0 Å². The third-order valence-corrected chi connectivity index (χ3v) is 5.58. The molecule has 1 saturated heterocycles. The van der Waals surface area contributed by atoms with Crippen LogP contribution in [0.5, 0.6) is 23.0 Å². The van der Waals surface area contributed by atoms with Crippen molar-refractivity contribution in [3.05, 3.63) is 42.0 Å². The number of rotatable bonds is 6. The van der Waals surface area contributed by atoms with Crippen LogP contribution in [0.15, 0.2) is 36.4 Å². The standard InChI is InChI=1S/C23H26N2O6/c1-24(13-15-5-4-6-19(28-2)22(15)29-3)23(27)16-11-21(26)25(14-16)17-7-8-18-20(12-17)31-10-9-30-18/h4-8,12,16H,9-11,13-14H2,1-3H3/t16-/m1/s1. The van der Waals surface area contributed by atoms with E-state index in [2.05, 4.69) is 0 Å². The number of benzene rings is 2. The number of carbonyl (C=O) groups excluding carboxylic acids is 2. The van der Waals surface area contributed by atoms with Crippen molar-refractivity contribution in [2.75, 3.05) is 45.9 Å². The van der Waals surface area contributed by atoms with Crippen molar-refractivity contribution in [1.29, 1.82) is 0 Å². The summed E-state index contributed by atoms with van der Waals surface area (Å²) in [4.78, 5) is 29.0. The van der Waals surface area contributed by atoms with Crippen LogP contribution in [0.1, 0.15) is 12.0 Å². The minimum Gasteiger partial charge on any atom is -0.493 e. The van der Waals surface area contributed by atoms with E-state index in [9.17, 15) is 9.59 Å². The molecule has 0 saturated carbocycles. The van der Waals surface area contributed by atoms with Gasteiger partial charge >= 0.3 is 0 Å². The summed E-state index contributed by atoms with van der Waals surface area (Å²) in [5.41, 5.74) is 1.55. The fourth-order valence-corrected chi connectivity index (χ4v) is 4.05. The number of hydrogen-bond donors (Lipinski definition) is 0. The Morgan fingerprint density at radius 3 is 2.65 bits per heavy atom. The molecule has 8 nitrogen and oxygen atoms in total. The highest BCUT2D eigenvalue weighted by molar-refractivity contribution is 6.00. The van der Waals surface area contributed by atoms with E-state index in [0.29, 0.717) is 55.0 Å². The molecule has 0 radical (unpaired) electrons. The Morgan fingerprint density at radius 1 is 1.13 bits per heavy atom. The lowest BCUT2D eigenvalue weighted by atomic mass is 10.1. The number of fused-ring (bicyclic) bond motifs is 1. The molecule has 2 aliphatic rings. The molecule has 2 aromatic carbocycles. The second kappa shape index (κ2) is 8.75. The van der Waals surface area contributed by atoms with Gasteiger partial charge < -0.3 is 28.7 Å². The Balaban J connectivity index is 1.46. The first-order valence-corrected chi connectivity index (χ1v) is 10.2. The predicted molar refractivity (Wildman–Crippen MR) is 114 cm³/mol. The SMILES string of the molecule is COc1cccc(CN(C)C(=O)[C@@H]2CC(=O)N(c3ccc4c(c3)OCCO4)C2)c1OC. The number of para-hydroxylation sites is 1. The Morgan fingerprint density at radius 2 is 1.90 bits per heavy atom. The van der Waals surface area contributed by atoms with Crippen molar-refractivity contribution in [1.82, 2.24) is 4.90 Å². The molecule has 31 heavy (non-hydrogen) atoms. The lowest BCUT2D eigenvalue weighted by Crippen LogP contribution is -2.34. The van der Waals surface area contributed by atoms with E-state index in [4.69, 9.17) is 18.9 Å². The minimum absolute atomic E-state index is 0.0811. The maximum absolute atomic E-state index is 13.1. The van der Waals surface area contributed by atoms with Gasteiger partial charge in [0.2, 0.25) is 11.8 Å². The van der Waals surface area contributed by atoms with E-state index in [0.717, 1.165) is 5.56 Å². The van der Waals surface area contributed by atoms with Crippen LogP contribution in [0.25, 0.3) is 0 Å². The number of carbonyl (C=O) groups is 2. The fourth-order valence-electron chi connectivity index (χ4n) is 4.05. The topological polar surface area (TPSA) is 77.5 Å². The molecule has 164 valence electrons. The van der Waals surface area contributed by atoms with Gasteiger partial charge in [-0.1, -0.05) is 12.1 Å². The third-order valence-electron chi connectivity index (χ3n) is 5.58. The van der Waals surface area contributed by atoms with Gasteiger partial charge in [-0.2, -0.15) is 0 Å². The van der Waals surface area contributed by atoms with Crippen molar-refractivity contribution in [2.45, 2.75) is 13.0 Å². The zero-order valence-corrected chi connectivity index (χ0v) is 17.9. The molecule has 2 aliphatic heterocycles. The van der Waals surface area contributed by atoms with Crippen LogP contribution in [0.4, 0.5) is 5.69 Å². The van der Waals surface area contributed by atoms with Crippen molar-refractivity contribution < 1.29 is 28.5 Å². The predicted octanol–water partition coefficient (Wildman–Crippen LogP) is 2.49. The average Bonchev–Trinajstić information content (AvgIpc) is 3.19. The molecule has 0 unspecified atom stereocenters. The van der Waals surface area contributed by atoms with Crippen LogP contribution in [0.3, 0.4) is 0 Å². The Labute approximate surface area is 181 Å². The van der Waals surface area contributed by atoms with Gasteiger partial charge in [0.1, 0.15) is 13.2 Å². The lowest BCUT2D eigenvalue weighted by molar-refractivity contribution is -0.135. The van der Waals surface area contributed by atoms with Gasteiger partial charge in [-0.05, 0) is 18.2 Å². The molecule has 1 fully saturated rings. The highest BCUT2D eigenvalue weighted by Crippen LogP contribution is 2.36. The van der Waals surface area contributed by atoms with Crippen LogP contribution in [0.2, 0.25) is 0 Å². The van der Waals surface area contributed by atoms with Gasteiger partial charge in [-0.25, -0.2) is 0 Å². The van der Waals surface area contributed by atoms with E-state index >= 15 is 0 Å². The Hall–Kier alpha value is -3.42. The van der Waals surface area contributed by atoms with Gasteiger partial charge in [0.15, 0.2) is 23.0 Å². The number of ether oxygens (including phenoxy) is 4. The van der Waals surface area contributed by atoms with Crippen LogP contribution < -0.4 is 23.8 Å². The molecule has 0 bridgehead atoms. The average molecular weight is 426 g/mol. The van der Waals surface area contributed by atoms with Crippen LogP contribution in [0, 0.1) is 5.92 Å². The normalized spacial score (nSPS) is 17.5. The molecule has 2 aromatic rings. The van der Waals surface area contributed by atoms with Gasteiger partial charge in [-0.3, -0.25) is 9.59 Å². The molecule has 4 rings (SSSR count). The lowest BCUT2D eigenvalue weighted by Gasteiger charge is -2.24. The summed E-state index contributed by atoms with van der Waals surface area (Å²) in [6.45, 7) is 1.67. The molecule has 2 amide bonds. The molecule has 0 aromatic heterocycles. The van der Waals surface area contributed by atoms with Crippen LogP contribution in [-0.2, 0) is 16.1 Å². The summed E-state index contributed by atoms with van der Waals surface area (Å²) < 4.78 is 22.0. The second-order valence-corrected chi connectivity index (χ2v) is 7.58. The molecular formula is C23H26N2O6. The van der Waals surface area contributed by atoms with E-state index in [-0.39, 0.29) is 18.2 Å². The summed E-state index contributed by atoms with van der Waals surface area (Å²) in [6.07, 6.45) is 0.173.